The SMILES string of the molecule is Cc1ccc2nc(N(C)CC(=O)N3CCNCC3)nn2c1. The van der Waals surface area contributed by atoms with Crippen molar-refractivity contribution in [1.29, 1.82) is 0 Å². The minimum atomic E-state index is 0.119. The molecule has 1 amide bonds. The number of carbonyl (C=O) groups excluding carboxylic acids is 1. The molecule has 0 atom stereocenters. The quantitative estimate of drug-likeness (QED) is 0.855. The Labute approximate surface area is 123 Å². The smallest absolute Gasteiger partial charge is 0.245 e. The largest absolute Gasteiger partial charge is 0.339 e. The lowest BCUT2D eigenvalue weighted by atomic mass is 10.3. The van der Waals surface area contributed by atoms with Gasteiger partial charge in [0.25, 0.3) is 0 Å². The molecular weight excluding hydrogens is 268 g/mol. The molecule has 21 heavy (non-hydrogen) atoms. The number of anilines is 1. The standard InChI is InChI=1S/C14H20N6O/c1-11-3-4-12-16-14(17-20(12)9-11)18(2)10-13(21)19-7-5-15-6-8-19/h3-4,9,15H,5-8,10H2,1-2H3. The van der Waals surface area contributed by atoms with Gasteiger partial charge in [-0.05, 0) is 18.6 Å². The van der Waals surface area contributed by atoms with Crippen LogP contribution in [0.25, 0.3) is 5.65 Å². The molecule has 1 aliphatic heterocycles. The molecule has 0 bridgehead atoms. The third-order valence-corrected chi connectivity index (χ3v) is 3.65. The van der Waals surface area contributed by atoms with Crippen molar-refractivity contribution in [1.82, 2.24) is 24.8 Å². The molecule has 112 valence electrons. The van der Waals surface area contributed by atoms with Crippen molar-refractivity contribution in [3.63, 3.8) is 0 Å². The summed E-state index contributed by atoms with van der Waals surface area (Å²) < 4.78 is 1.75. The Balaban J connectivity index is 1.71. The zero-order chi connectivity index (χ0) is 14.8. The Bertz CT molecular complexity index is 646. The lowest BCUT2D eigenvalue weighted by Gasteiger charge is -2.28. The Morgan fingerprint density at radius 2 is 2.14 bits per heavy atom. The van der Waals surface area contributed by atoms with Gasteiger partial charge >= 0.3 is 0 Å². The Morgan fingerprint density at radius 3 is 2.90 bits per heavy atom. The second kappa shape index (κ2) is 5.69. The number of amides is 1. The summed E-state index contributed by atoms with van der Waals surface area (Å²) in [6.07, 6.45) is 1.93. The van der Waals surface area contributed by atoms with Gasteiger partial charge in [-0.1, -0.05) is 6.07 Å². The summed E-state index contributed by atoms with van der Waals surface area (Å²) in [6, 6.07) is 3.93. The highest BCUT2D eigenvalue weighted by molar-refractivity contribution is 5.81. The molecule has 0 saturated carbocycles. The van der Waals surface area contributed by atoms with Crippen LogP contribution in [0.15, 0.2) is 18.3 Å². The normalized spacial score (nSPS) is 15.4. The van der Waals surface area contributed by atoms with E-state index in [-0.39, 0.29) is 5.91 Å². The van der Waals surface area contributed by atoms with Crippen molar-refractivity contribution in [3.05, 3.63) is 23.9 Å². The van der Waals surface area contributed by atoms with Gasteiger partial charge in [0.05, 0.1) is 6.54 Å². The van der Waals surface area contributed by atoms with Gasteiger partial charge in [0.1, 0.15) is 0 Å². The number of aromatic nitrogens is 3. The van der Waals surface area contributed by atoms with Crippen molar-refractivity contribution in [2.75, 3.05) is 44.7 Å². The number of likely N-dealkylation sites (N-methyl/N-ethyl adjacent to an activating group) is 1. The lowest BCUT2D eigenvalue weighted by Crippen LogP contribution is -2.49. The predicted octanol–water partition coefficient (Wildman–Crippen LogP) is -0.0943. The van der Waals surface area contributed by atoms with Crippen molar-refractivity contribution in [2.45, 2.75) is 6.92 Å². The van der Waals surface area contributed by atoms with E-state index < -0.39 is 0 Å². The highest BCUT2D eigenvalue weighted by atomic mass is 16.2. The molecule has 7 heteroatoms. The summed E-state index contributed by atoms with van der Waals surface area (Å²) in [7, 11) is 1.85. The number of nitrogens with one attached hydrogen (secondary N) is 1. The van der Waals surface area contributed by atoms with Crippen LogP contribution in [0.4, 0.5) is 5.95 Å². The molecule has 2 aromatic heterocycles. The number of hydrogen-bond donors (Lipinski definition) is 1. The number of piperazine rings is 1. The fraction of sp³-hybridized carbons (Fsp3) is 0.500. The molecule has 3 heterocycles. The molecule has 1 saturated heterocycles. The van der Waals surface area contributed by atoms with E-state index in [0.29, 0.717) is 12.5 Å². The third-order valence-electron chi connectivity index (χ3n) is 3.65. The summed E-state index contributed by atoms with van der Waals surface area (Å²) in [5.41, 5.74) is 1.91. The fourth-order valence-corrected chi connectivity index (χ4v) is 2.42. The zero-order valence-corrected chi connectivity index (χ0v) is 12.4. The monoisotopic (exact) mass is 288 g/mol. The summed E-state index contributed by atoms with van der Waals surface area (Å²) in [4.78, 5) is 20.4. The van der Waals surface area contributed by atoms with E-state index >= 15 is 0 Å². The molecule has 0 radical (unpaired) electrons. The van der Waals surface area contributed by atoms with Gasteiger partial charge in [-0.25, -0.2) is 4.52 Å². The van der Waals surface area contributed by atoms with Gasteiger partial charge < -0.3 is 15.1 Å². The van der Waals surface area contributed by atoms with Crippen molar-refractivity contribution >= 4 is 17.5 Å². The Kier molecular flexibility index (Phi) is 3.74. The molecular formula is C14H20N6O. The highest BCUT2D eigenvalue weighted by Crippen LogP contribution is 2.10. The first kappa shape index (κ1) is 13.8. The third kappa shape index (κ3) is 2.97. The van der Waals surface area contributed by atoms with Gasteiger partial charge in [0, 0.05) is 39.4 Å². The number of pyridine rings is 1. The van der Waals surface area contributed by atoms with Crippen molar-refractivity contribution in [2.24, 2.45) is 0 Å². The fourth-order valence-electron chi connectivity index (χ4n) is 2.42. The molecule has 0 aliphatic carbocycles. The maximum atomic E-state index is 12.2. The van der Waals surface area contributed by atoms with Crippen LogP contribution < -0.4 is 10.2 Å². The van der Waals surface area contributed by atoms with E-state index in [4.69, 9.17) is 0 Å². The number of aryl methyl sites for hydroxylation is 1. The van der Waals surface area contributed by atoms with Crippen LogP contribution >= 0.6 is 0 Å². The summed E-state index contributed by atoms with van der Waals surface area (Å²) in [5.74, 6) is 0.693. The van der Waals surface area contributed by atoms with Crippen molar-refractivity contribution in [3.8, 4) is 0 Å². The van der Waals surface area contributed by atoms with E-state index in [1.54, 1.807) is 9.42 Å². The number of hydrogen-bond acceptors (Lipinski definition) is 5. The summed E-state index contributed by atoms with van der Waals surface area (Å²) in [6.45, 7) is 5.58. The average molecular weight is 288 g/mol. The zero-order valence-electron chi connectivity index (χ0n) is 12.4. The van der Waals surface area contributed by atoms with Crippen LogP contribution in [0.5, 0.6) is 0 Å². The Morgan fingerprint density at radius 1 is 1.38 bits per heavy atom. The molecule has 2 aromatic rings. The second-order valence-corrected chi connectivity index (χ2v) is 5.41. The van der Waals surface area contributed by atoms with Crippen LogP contribution in [0.1, 0.15) is 5.56 Å². The van der Waals surface area contributed by atoms with Crippen LogP contribution in [0.2, 0.25) is 0 Å². The average Bonchev–Trinajstić information content (AvgIpc) is 2.91. The number of nitrogens with zero attached hydrogens (tertiary/aromatic N) is 5. The number of carbonyl (C=O) groups is 1. The van der Waals surface area contributed by atoms with Crippen LogP contribution in [-0.4, -0.2) is 65.2 Å². The van der Waals surface area contributed by atoms with Gasteiger partial charge in [-0.3, -0.25) is 4.79 Å². The van der Waals surface area contributed by atoms with E-state index in [1.807, 2.05) is 37.2 Å². The van der Waals surface area contributed by atoms with Crippen LogP contribution in [0.3, 0.4) is 0 Å². The minimum absolute atomic E-state index is 0.119. The highest BCUT2D eigenvalue weighted by Gasteiger charge is 2.19. The molecule has 0 spiro atoms. The van der Waals surface area contributed by atoms with Gasteiger partial charge in [0.2, 0.25) is 11.9 Å². The predicted molar refractivity (Wildman–Crippen MR) is 80.4 cm³/mol. The van der Waals surface area contributed by atoms with Gasteiger partial charge in [-0.15, -0.1) is 5.10 Å². The first-order valence-corrected chi connectivity index (χ1v) is 7.16. The molecule has 1 N–H and O–H groups in total. The molecule has 3 rings (SSSR count). The van der Waals surface area contributed by atoms with E-state index in [1.165, 1.54) is 0 Å². The molecule has 0 aromatic carbocycles. The van der Waals surface area contributed by atoms with E-state index in [0.717, 1.165) is 37.4 Å². The number of fused-ring (bicyclic) bond motifs is 1. The summed E-state index contributed by atoms with van der Waals surface area (Å²) in [5, 5.41) is 7.66. The van der Waals surface area contributed by atoms with Crippen molar-refractivity contribution < 1.29 is 4.79 Å². The molecule has 0 unspecified atom stereocenters. The van der Waals surface area contributed by atoms with Crippen LogP contribution in [-0.2, 0) is 4.79 Å². The second-order valence-electron chi connectivity index (χ2n) is 5.41. The van der Waals surface area contributed by atoms with E-state index in [9.17, 15) is 4.79 Å². The summed E-state index contributed by atoms with van der Waals surface area (Å²) >= 11 is 0. The molecule has 7 nitrogen and oxygen atoms in total. The van der Waals surface area contributed by atoms with Gasteiger partial charge in [0.15, 0.2) is 5.65 Å². The van der Waals surface area contributed by atoms with Gasteiger partial charge in [-0.2, -0.15) is 4.98 Å². The first-order chi connectivity index (χ1) is 10.1. The van der Waals surface area contributed by atoms with E-state index in [2.05, 4.69) is 15.4 Å². The first-order valence-electron chi connectivity index (χ1n) is 7.16. The lowest BCUT2D eigenvalue weighted by molar-refractivity contribution is -0.130. The minimum Gasteiger partial charge on any atom is -0.339 e. The van der Waals surface area contributed by atoms with Crippen LogP contribution in [0, 0.1) is 6.92 Å². The molecule has 1 aliphatic rings. The molecule has 1 fully saturated rings. The maximum Gasteiger partial charge on any atom is 0.245 e. The topological polar surface area (TPSA) is 65.8 Å². The maximum absolute atomic E-state index is 12.2. The Hall–Kier alpha value is -2.15. The number of rotatable bonds is 3.